The maximum atomic E-state index is 10.3. The Morgan fingerprint density at radius 3 is 1.76 bits per heavy atom. The van der Waals surface area contributed by atoms with E-state index in [9.17, 15) is 8.42 Å². The first kappa shape index (κ1) is 23.9. The van der Waals surface area contributed by atoms with E-state index >= 15 is 0 Å². The maximum absolute atomic E-state index is 10.3. The molecule has 96 valence electrons. The normalized spacial score (nSPS) is 10.5. The molecule has 0 fully saturated rings. The van der Waals surface area contributed by atoms with E-state index in [2.05, 4.69) is 11.6 Å². The third-order valence-corrected chi connectivity index (χ3v) is 2.88. The molecule has 0 atom stereocenters. The Morgan fingerprint density at radius 1 is 0.941 bits per heavy atom. The first-order valence-corrected chi connectivity index (χ1v) is 7.22. The third kappa shape index (κ3) is 23.4. The second kappa shape index (κ2) is 15.9. The molecule has 0 spiro atoms. The molecule has 0 saturated heterocycles. The first-order valence-electron chi connectivity index (χ1n) is 5.78. The molecule has 4 nitrogen and oxygen atoms in total. The molecule has 0 bridgehead atoms. The molecule has 0 aromatic heterocycles. The fourth-order valence-corrected chi connectivity index (χ4v) is 1.86. The first-order chi connectivity index (χ1) is 7.06. The summed E-state index contributed by atoms with van der Waals surface area (Å²) in [7, 11) is -3.98. The van der Waals surface area contributed by atoms with Crippen molar-refractivity contribution in [3.63, 3.8) is 0 Å². The van der Waals surface area contributed by atoms with Crippen LogP contribution in [0.25, 0.3) is 0 Å². The van der Waals surface area contributed by atoms with Gasteiger partial charge in [0.1, 0.15) is 0 Å². The maximum Gasteiger partial charge on any atom is 1.00 e. The van der Waals surface area contributed by atoms with Crippen LogP contribution in [0.1, 0.15) is 61.1 Å². The Morgan fingerprint density at radius 2 is 1.35 bits per heavy atom. The SMILES string of the molecule is CCCCCCCCCCNS(=O)(=O)O.[H-].[H-].[Na+].[Na+]. The van der Waals surface area contributed by atoms with Crippen LogP contribution in [0.15, 0.2) is 0 Å². The van der Waals surface area contributed by atoms with Crippen molar-refractivity contribution in [2.75, 3.05) is 6.54 Å². The molecule has 17 heavy (non-hydrogen) atoms. The molecule has 0 unspecified atom stereocenters. The second-order valence-electron chi connectivity index (χ2n) is 3.84. The Kier molecular flexibility index (Phi) is 22.4. The quantitative estimate of drug-likeness (QED) is 0.252. The van der Waals surface area contributed by atoms with Crippen LogP contribution in [0.3, 0.4) is 0 Å². The Bertz CT molecular complexity index is 245. The van der Waals surface area contributed by atoms with Gasteiger partial charge in [-0.1, -0.05) is 51.9 Å². The summed E-state index contributed by atoms with van der Waals surface area (Å²) in [6.45, 7) is 2.54. The number of hydrogen-bond donors (Lipinski definition) is 2. The topological polar surface area (TPSA) is 66.4 Å². The van der Waals surface area contributed by atoms with Crippen molar-refractivity contribution < 1.29 is 74.9 Å². The Labute approximate surface area is 153 Å². The van der Waals surface area contributed by atoms with E-state index in [-0.39, 0.29) is 62.0 Å². The van der Waals surface area contributed by atoms with Crippen LogP contribution in [0, 0.1) is 0 Å². The van der Waals surface area contributed by atoms with Crippen molar-refractivity contribution in [1.82, 2.24) is 4.72 Å². The van der Waals surface area contributed by atoms with Crippen molar-refractivity contribution in [3.05, 3.63) is 0 Å². The summed E-state index contributed by atoms with van der Waals surface area (Å²) in [5.41, 5.74) is 0. The molecule has 7 heteroatoms. The molecular weight excluding hydrogens is 260 g/mol. The van der Waals surface area contributed by atoms with Gasteiger partial charge in [0.05, 0.1) is 0 Å². The van der Waals surface area contributed by atoms with Gasteiger partial charge >= 0.3 is 69.4 Å². The van der Waals surface area contributed by atoms with E-state index in [1.807, 2.05) is 0 Å². The minimum atomic E-state index is -3.98. The van der Waals surface area contributed by atoms with Gasteiger partial charge in [-0.3, -0.25) is 4.55 Å². The minimum Gasteiger partial charge on any atom is -1.00 e. The Hall–Kier alpha value is 1.87. The monoisotopic (exact) mass is 285 g/mol. The molecule has 0 aliphatic heterocycles. The molecule has 0 amide bonds. The van der Waals surface area contributed by atoms with Gasteiger partial charge in [0.15, 0.2) is 0 Å². The van der Waals surface area contributed by atoms with Crippen molar-refractivity contribution in [2.24, 2.45) is 0 Å². The molecule has 0 aliphatic rings. The number of hydrogen-bond acceptors (Lipinski definition) is 2. The van der Waals surface area contributed by atoms with E-state index < -0.39 is 10.3 Å². The van der Waals surface area contributed by atoms with Crippen molar-refractivity contribution in [3.8, 4) is 0 Å². The fraction of sp³-hybridized carbons (Fsp3) is 1.00. The number of rotatable bonds is 10. The van der Waals surface area contributed by atoms with Gasteiger partial charge in [-0.2, -0.15) is 13.1 Å². The van der Waals surface area contributed by atoms with Crippen molar-refractivity contribution in [1.29, 1.82) is 0 Å². The molecule has 0 aromatic rings. The van der Waals surface area contributed by atoms with E-state index in [1.165, 1.54) is 32.1 Å². The van der Waals surface area contributed by atoms with Crippen molar-refractivity contribution >= 4 is 10.3 Å². The van der Waals surface area contributed by atoms with Gasteiger partial charge < -0.3 is 2.85 Å². The molecule has 0 aliphatic carbocycles. The molecule has 0 rings (SSSR count). The summed E-state index contributed by atoms with van der Waals surface area (Å²) in [5, 5.41) is 0. The van der Waals surface area contributed by atoms with Gasteiger partial charge in [0.2, 0.25) is 0 Å². The predicted octanol–water partition coefficient (Wildman–Crippen LogP) is -3.25. The third-order valence-electron chi connectivity index (χ3n) is 2.31. The zero-order chi connectivity index (χ0) is 11.6. The van der Waals surface area contributed by atoms with Gasteiger partial charge in [0, 0.05) is 6.54 Å². The van der Waals surface area contributed by atoms with Crippen LogP contribution in [0.5, 0.6) is 0 Å². The predicted molar refractivity (Wildman–Crippen MR) is 64.4 cm³/mol. The van der Waals surface area contributed by atoms with E-state index in [4.69, 9.17) is 4.55 Å². The molecule has 0 aromatic carbocycles. The summed E-state index contributed by atoms with van der Waals surface area (Å²) in [6.07, 6.45) is 9.35. The Balaban J connectivity index is -0.000000163. The summed E-state index contributed by atoms with van der Waals surface area (Å²) < 4.78 is 31.0. The zero-order valence-corrected chi connectivity index (χ0v) is 16.4. The fourth-order valence-electron chi connectivity index (χ4n) is 1.46. The van der Waals surface area contributed by atoms with Gasteiger partial charge in [-0.15, -0.1) is 0 Å². The van der Waals surface area contributed by atoms with E-state index in [0.717, 1.165) is 19.3 Å². The number of nitrogens with one attached hydrogen (secondary N) is 1. The minimum absolute atomic E-state index is 0. The van der Waals surface area contributed by atoms with Crippen LogP contribution in [0.2, 0.25) is 0 Å². The molecule has 2 N–H and O–H groups in total. The van der Waals surface area contributed by atoms with Crippen LogP contribution >= 0.6 is 0 Å². The standard InChI is InChI=1S/C10H23NO3S.2Na.2H/c1-2-3-4-5-6-7-8-9-10-11-15(12,13)14;;;;/h11H,2-10H2,1H3,(H,12,13,14);;;;/q;2*+1;2*-1. The van der Waals surface area contributed by atoms with Crippen LogP contribution < -0.4 is 63.8 Å². The molecule has 0 radical (unpaired) electrons. The summed E-state index contributed by atoms with van der Waals surface area (Å²) in [5.74, 6) is 0. The van der Waals surface area contributed by atoms with Crippen molar-refractivity contribution in [2.45, 2.75) is 58.3 Å². The zero-order valence-electron chi connectivity index (χ0n) is 13.5. The number of unbranched alkanes of at least 4 members (excludes halogenated alkanes) is 7. The summed E-state index contributed by atoms with van der Waals surface area (Å²) >= 11 is 0. The van der Waals surface area contributed by atoms with Crippen LogP contribution in [-0.2, 0) is 10.3 Å². The molecule has 0 heterocycles. The largest absolute Gasteiger partial charge is 1.00 e. The average molecular weight is 285 g/mol. The van der Waals surface area contributed by atoms with Crippen LogP contribution in [-0.4, -0.2) is 19.5 Å². The summed E-state index contributed by atoms with van der Waals surface area (Å²) in [6, 6.07) is 0. The smallest absolute Gasteiger partial charge is 1.00 e. The van der Waals surface area contributed by atoms with E-state index in [0.29, 0.717) is 6.54 Å². The van der Waals surface area contributed by atoms with Gasteiger partial charge in [-0.05, 0) is 6.42 Å². The average Bonchev–Trinajstić information content (AvgIpc) is 2.14. The summed E-state index contributed by atoms with van der Waals surface area (Å²) in [4.78, 5) is 0. The molecular formula is C10H25NNa2O3S. The van der Waals surface area contributed by atoms with Crippen LogP contribution in [0.4, 0.5) is 0 Å². The van der Waals surface area contributed by atoms with Gasteiger partial charge in [-0.25, -0.2) is 0 Å². The van der Waals surface area contributed by atoms with E-state index in [1.54, 1.807) is 0 Å². The molecule has 0 saturated carbocycles. The second-order valence-corrected chi connectivity index (χ2v) is 5.08. The van der Waals surface area contributed by atoms with Gasteiger partial charge in [0.25, 0.3) is 0 Å².